The first-order valence-corrected chi connectivity index (χ1v) is 4.94. The molecule has 7 nitrogen and oxygen atoms in total. The summed E-state index contributed by atoms with van der Waals surface area (Å²) < 4.78 is 1.39. The third-order valence-corrected chi connectivity index (χ3v) is 2.21. The molecule has 1 unspecified atom stereocenters. The number of hydrogen-bond donors (Lipinski definition) is 3. The Bertz CT molecular complexity index is 387. The summed E-state index contributed by atoms with van der Waals surface area (Å²) in [6, 6.07) is -0.511. The number of nitrogens with zero attached hydrogens (tertiary/aromatic N) is 2. The molecule has 0 fully saturated rings. The van der Waals surface area contributed by atoms with E-state index in [1.165, 1.54) is 17.1 Å². The van der Waals surface area contributed by atoms with Gasteiger partial charge in [-0.15, -0.1) is 0 Å². The first kappa shape index (κ1) is 12.2. The van der Waals surface area contributed by atoms with Crippen molar-refractivity contribution in [3.63, 3.8) is 0 Å². The van der Waals surface area contributed by atoms with Crippen LogP contribution >= 0.6 is 0 Å². The molecule has 1 heterocycles. The van der Waals surface area contributed by atoms with Gasteiger partial charge in [0.2, 0.25) is 0 Å². The Balaban J connectivity index is 2.92. The Labute approximate surface area is 92.8 Å². The second-order valence-corrected chi connectivity index (χ2v) is 3.39. The van der Waals surface area contributed by atoms with Crippen molar-refractivity contribution in [3.8, 4) is 0 Å². The number of carbonyl (C=O) groups is 2. The zero-order valence-corrected chi connectivity index (χ0v) is 9.01. The maximum absolute atomic E-state index is 11.5. The highest BCUT2D eigenvalue weighted by atomic mass is 16.2. The van der Waals surface area contributed by atoms with E-state index in [4.69, 9.17) is 11.6 Å². The van der Waals surface area contributed by atoms with Crippen LogP contribution < -0.4 is 17.0 Å². The molecule has 1 atom stereocenters. The fourth-order valence-electron chi connectivity index (χ4n) is 1.39. The molecule has 1 rings (SSSR count). The van der Waals surface area contributed by atoms with Crippen molar-refractivity contribution in [2.75, 3.05) is 0 Å². The Morgan fingerprint density at radius 2 is 2.31 bits per heavy atom. The summed E-state index contributed by atoms with van der Waals surface area (Å²) in [5.74, 6) is 4.15. The fourth-order valence-corrected chi connectivity index (χ4v) is 1.39. The van der Waals surface area contributed by atoms with E-state index in [1.54, 1.807) is 0 Å². The van der Waals surface area contributed by atoms with Gasteiger partial charge in [0.15, 0.2) is 0 Å². The van der Waals surface area contributed by atoms with Crippen LogP contribution in [-0.4, -0.2) is 21.6 Å². The van der Waals surface area contributed by atoms with Gasteiger partial charge in [-0.3, -0.25) is 19.7 Å². The molecule has 0 bridgehead atoms. The maximum atomic E-state index is 11.5. The van der Waals surface area contributed by atoms with Gasteiger partial charge >= 0.3 is 0 Å². The third-order valence-electron chi connectivity index (χ3n) is 2.21. The molecule has 88 valence electrons. The van der Waals surface area contributed by atoms with E-state index in [9.17, 15) is 9.59 Å². The standard InChI is InChI=1S/C9H15N5O2/c1-2-3-7(9(16)13-11)14-5-6(4-12-14)8(10)15/h4-5,7H,2-3,11H2,1H3,(H2,10,15)(H,13,16). The molecule has 0 saturated carbocycles. The van der Waals surface area contributed by atoms with E-state index < -0.39 is 11.9 Å². The zero-order chi connectivity index (χ0) is 12.1. The van der Waals surface area contributed by atoms with Gasteiger partial charge in [0.1, 0.15) is 6.04 Å². The lowest BCUT2D eigenvalue weighted by Crippen LogP contribution is -2.37. The van der Waals surface area contributed by atoms with E-state index >= 15 is 0 Å². The highest BCUT2D eigenvalue weighted by Gasteiger charge is 2.20. The van der Waals surface area contributed by atoms with Gasteiger partial charge in [0, 0.05) is 6.20 Å². The van der Waals surface area contributed by atoms with Crippen LogP contribution in [0.5, 0.6) is 0 Å². The number of nitrogens with one attached hydrogen (secondary N) is 1. The van der Waals surface area contributed by atoms with Crippen LogP contribution in [0.25, 0.3) is 0 Å². The van der Waals surface area contributed by atoms with Gasteiger partial charge in [0.25, 0.3) is 11.8 Å². The Morgan fingerprint density at radius 1 is 1.62 bits per heavy atom. The predicted molar refractivity (Wildman–Crippen MR) is 57.0 cm³/mol. The van der Waals surface area contributed by atoms with Crippen molar-refractivity contribution in [2.45, 2.75) is 25.8 Å². The van der Waals surface area contributed by atoms with Crippen molar-refractivity contribution in [3.05, 3.63) is 18.0 Å². The monoisotopic (exact) mass is 225 g/mol. The molecule has 1 aromatic rings. The smallest absolute Gasteiger partial charge is 0.258 e. The molecule has 16 heavy (non-hydrogen) atoms. The first-order chi connectivity index (χ1) is 7.60. The van der Waals surface area contributed by atoms with Crippen LogP contribution in [0, 0.1) is 0 Å². The lowest BCUT2D eigenvalue weighted by Gasteiger charge is -2.14. The molecule has 0 spiro atoms. The molecule has 0 aliphatic rings. The number of aromatic nitrogens is 2. The topological polar surface area (TPSA) is 116 Å². The van der Waals surface area contributed by atoms with Crippen LogP contribution in [0.1, 0.15) is 36.2 Å². The number of carbonyl (C=O) groups excluding carboxylic acids is 2. The van der Waals surface area contributed by atoms with Crippen molar-refractivity contribution in [1.29, 1.82) is 0 Å². The molecule has 0 saturated heterocycles. The number of hydrazine groups is 1. The highest BCUT2D eigenvalue weighted by molar-refractivity contribution is 5.92. The molecule has 2 amide bonds. The number of primary amides is 1. The molecular formula is C9H15N5O2. The Morgan fingerprint density at radius 3 is 2.75 bits per heavy atom. The van der Waals surface area contributed by atoms with E-state index in [0.717, 1.165) is 6.42 Å². The van der Waals surface area contributed by atoms with Crippen LogP contribution in [0.15, 0.2) is 12.4 Å². The van der Waals surface area contributed by atoms with Crippen molar-refractivity contribution in [1.82, 2.24) is 15.2 Å². The van der Waals surface area contributed by atoms with E-state index in [-0.39, 0.29) is 11.5 Å². The second-order valence-electron chi connectivity index (χ2n) is 3.39. The van der Waals surface area contributed by atoms with Gasteiger partial charge in [-0.2, -0.15) is 5.10 Å². The molecule has 0 radical (unpaired) electrons. The van der Waals surface area contributed by atoms with Gasteiger partial charge in [-0.05, 0) is 6.42 Å². The average molecular weight is 225 g/mol. The van der Waals surface area contributed by atoms with Gasteiger partial charge in [-0.25, -0.2) is 5.84 Å². The summed E-state index contributed by atoms with van der Waals surface area (Å²) in [4.78, 5) is 22.3. The Hall–Kier alpha value is -1.89. The van der Waals surface area contributed by atoms with E-state index in [2.05, 4.69) is 10.5 Å². The van der Waals surface area contributed by atoms with Crippen LogP contribution in [0.4, 0.5) is 0 Å². The minimum absolute atomic E-state index is 0.269. The third kappa shape index (κ3) is 2.57. The van der Waals surface area contributed by atoms with Crippen molar-refractivity contribution >= 4 is 11.8 Å². The first-order valence-electron chi connectivity index (χ1n) is 4.94. The maximum Gasteiger partial charge on any atom is 0.258 e. The van der Waals surface area contributed by atoms with Crippen LogP contribution in [0.3, 0.4) is 0 Å². The summed E-state index contributed by atoms with van der Waals surface area (Å²) in [5.41, 5.74) is 7.43. The summed E-state index contributed by atoms with van der Waals surface area (Å²) >= 11 is 0. The summed E-state index contributed by atoms with van der Waals surface area (Å²) in [7, 11) is 0. The summed E-state index contributed by atoms with van der Waals surface area (Å²) in [6.07, 6.45) is 4.15. The molecule has 0 aromatic carbocycles. The number of nitrogens with two attached hydrogens (primary N) is 2. The Kier molecular flexibility index (Phi) is 4.01. The quantitative estimate of drug-likeness (QED) is 0.349. The van der Waals surface area contributed by atoms with E-state index in [0.29, 0.717) is 6.42 Å². The molecule has 1 aromatic heterocycles. The van der Waals surface area contributed by atoms with Crippen LogP contribution in [0.2, 0.25) is 0 Å². The van der Waals surface area contributed by atoms with Gasteiger partial charge < -0.3 is 5.73 Å². The molecule has 7 heteroatoms. The predicted octanol–water partition coefficient (Wildman–Crippen LogP) is -0.687. The lowest BCUT2D eigenvalue weighted by atomic mass is 10.1. The number of amides is 2. The zero-order valence-electron chi connectivity index (χ0n) is 9.01. The van der Waals surface area contributed by atoms with Crippen molar-refractivity contribution in [2.24, 2.45) is 11.6 Å². The van der Waals surface area contributed by atoms with E-state index in [1.807, 2.05) is 6.92 Å². The largest absolute Gasteiger partial charge is 0.366 e. The number of rotatable bonds is 5. The molecule has 0 aliphatic heterocycles. The molecular weight excluding hydrogens is 210 g/mol. The molecule has 0 aliphatic carbocycles. The minimum atomic E-state index is -0.574. The lowest BCUT2D eigenvalue weighted by molar-refractivity contribution is -0.124. The fraction of sp³-hybridized carbons (Fsp3) is 0.444. The summed E-state index contributed by atoms with van der Waals surface area (Å²) in [5, 5.41) is 3.92. The normalized spacial score (nSPS) is 12.1. The van der Waals surface area contributed by atoms with Gasteiger partial charge in [-0.1, -0.05) is 13.3 Å². The SMILES string of the molecule is CCCC(C(=O)NN)n1cc(C(N)=O)cn1. The summed E-state index contributed by atoms with van der Waals surface area (Å²) in [6.45, 7) is 1.94. The highest BCUT2D eigenvalue weighted by Crippen LogP contribution is 2.13. The van der Waals surface area contributed by atoms with Crippen LogP contribution in [-0.2, 0) is 4.79 Å². The average Bonchev–Trinajstić information content (AvgIpc) is 2.74. The van der Waals surface area contributed by atoms with Gasteiger partial charge in [0.05, 0.1) is 11.8 Å². The number of hydrogen-bond acceptors (Lipinski definition) is 4. The molecule has 5 N–H and O–H groups in total. The minimum Gasteiger partial charge on any atom is -0.366 e. The van der Waals surface area contributed by atoms with Crippen molar-refractivity contribution < 1.29 is 9.59 Å². The second kappa shape index (κ2) is 5.26.